The van der Waals surface area contributed by atoms with Gasteiger partial charge >= 0.3 is 0 Å². The van der Waals surface area contributed by atoms with E-state index >= 15 is 0 Å². The molecule has 2 aromatic heterocycles. The van der Waals surface area contributed by atoms with Crippen molar-refractivity contribution in [3.05, 3.63) is 46.9 Å². The Morgan fingerprint density at radius 3 is 2.77 bits per heavy atom. The molecule has 9 heteroatoms. The number of aromatic amines is 1. The van der Waals surface area contributed by atoms with Crippen LogP contribution in [0.3, 0.4) is 0 Å². The molecule has 0 aliphatic heterocycles. The van der Waals surface area contributed by atoms with Crippen LogP contribution in [0.5, 0.6) is 5.75 Å². The number of hydrogen-bond acceptors (Lipinski definition) is 8. The number of para-hydroxylation sites is 1. The molecule has 3 aromatic rings. The number of tetrazole rings is 1. The third-order valence-electron chi connectivity index (χ3n) is 5.14. The van der Waals surface area contributed by atoms with Crippen LogP contribution in [0.2, 0.25) is 0 Å². The highest BCUT2D eigenvalue weighted by atomic mass is 16.5. The van der Waals surface area contributed by atoms with Gasteiger partial charge in [0.1, 0.15) is 11.6 Å². The zero-order chi connectivity index (χ0) is 21.3. The first kappa shape index (κ1) is 21.5. The summed E-state index contributed by atoms with van der Waals surface area (Å²) in [7, 11) is 1.68. The van der Waals surface area contributed by atoms with Crippen molar-refractivity contribution in [2.45, 2.75) is 58.4 Å². The lowest BCUT2D eigenvalue weighted by Gasteiger charge is -2.22. The second kappa shape index (κ2) is 10.5. The lowest BCUT2D eigenvalue weighted by atomic mass is 10.0. The van der Waals surface area contributed by atoms with Crippen LogP contribution in [-0.2, 0) is 12.8 Å². The number of nitrogens with zero attached hydrogens (tertiary/aromatic N) is 5. The zero-order valence-corrected chi connectivity index (χ0v) is 17.9. The van der Waals surface area contributed by atoms with Crippen LogP contribution in [0.15, 0.2) is 24.3 Å². The minimum Gasteiger partial charge on any atom is -0.496 e. The summed E-state index contributed by atoms with van der Waals surface area (Å²) in [6.07, 6.45) is 5.52. The Hall–Kier alpha value is -3.23. The molecule has 1 atom stereocenters. The molecule has 2 heterocycles. The first-order valence-corrected chi connectivity index (χ1v) is 10.3. The number of H-pyrrole nitrogens is 1. The van der Waals surface area contributed by atoms with Gasteiger partial charge in [-0.05, 0) is 31.4 Å². The Kier molecular flexibility index (Phi) is 7.53. The van der Waals surface area contributed by atoms with Gasteiger partial charge in [0.25, 0.3) is 0 Å². The summed E-state index contributed by atoms with van der Waals surface area (Å²) in [4.78, 5) is 8.94. The molecular weight excluding hydrogens is 380 g/mol. The van der Waals surface area contributed by atoms with Crippen molar-refractivity contribution in [1.82, 2.24) is 30.6 Å². The SMILES string of the molecule is CCCC[C@@H](CCc1nn[nH]n1)Nc1nc(N)nc(C)c1Cc1ccccc1OC. The topological polar surface area (TPSA) is 128 Å². The predicted octanol–water partition coefficient (Wildman–Crippen LogP) is 3.08. The van der Waals surface area contributed by atoms with Crippen LogP contribution in [-0.4, -0.2) is 43.7 Å². The molecule has 160 valence electrons. The van der Waals surface area contributed by atoms with Crippen LogP contribution in [0.1, 0.15) is 55.3 Å². The van der Waals surface area contributed by atoms with Crippen LogP contribution in [0, 0.1) is 6.92 Å². The summed E-state index contributed by atoms with van der Waals surface area (Å²) in [6, 6.07) is 8.21. The maximum Gasteiger partial charge on any atom is 0.222 e. The van der Waals surface area contributed by atoms with Gasteiger partial charge in [-0.3, -0.25) is 0 Å². The normalized spacial score (nSPS) is 12.0. The van der Waals surface area contributed by atoms with Gasteiger partial charge in [0.05, 0.1) is 7.11 Å². The molecule has 1 aromatic carbocycles. The average molecular weight is 411 g/mol. The molecule has 30 heavy (non-hydrogen) atoms. The van der Waals surface area contributed by atoms with Crippen molar-refractivity contribution in [2.75, 3.05) is 18.2 Å². The van der Waals surface area contributed by atoms with Gasteiger partial charge in [-0.1, -0.05) is 43.2 Å². The lowest BCUT2D eigenvalue weighted by Crippen LogP contribution is -2.23. The van der Waals surface area contributed by atoms with E-state index < -0.39 is 0 Å². The number of nitrogens with one attached hydrogen (secondary N) is 2. The molecule has 4 N–H and O–H groups in total. The molecule has 0 aliphatic carbocycles. The summed E-state index contributed by atoms with van der Waals surface area (Å²) in [5, 5.41) is 17.9. The van der Waals surface area contributed by atoms with Gasteiger partial charge in [-0.2, -0.15) is 10.2 Å². The fourth-order valence-corrected chi connectivity index (χ4v) is 3.51. The Balaban J connectivity index is 1.84. The third kappa shape index (κ3) is 5.65. The molecular formula is C21H30N8O. The molecule has 0 spiro atoms. The second-order valence-corrected chi connectivity index (χ2v) is 7.33. The van der Waals surface area contributed by atoms with Gasteiger partial charge in [0, 0.05) is 30.1 Å². The van der Waals surface area contributed by atoms with Crippen molar-refractivity contribution in [1.29, 1.82) is 0 Å². The standard InChI is InChI=1S/C21H30N8O/c1-4-5-9-16(11-12-19-26-28-29-27-19)24-20-17(14(2)23-21(22)25-20)13-15-8-6-7-10-18(15)30-3/h6-8,10,16H,4-5,9,11-13H2,1-3H3,(H3,22,23,24,25)(H,26,27,28,29)/t16-/m0/s1. The second-order valence-electron chi connectivity index (χ2n) is 7.33. The predicted molar refractivity (Wildman–Crippen MR) is 116 cm³/mol. The molecule has 0 radical (unpaired) electrons. The monoisotopic (exact) mass is 410 g/mol. The first-order chi connectivity index (χ1) is 14.6. The molecule has 9 nitrogen and oxygen atoms in total. The summed E-state index contributed by atoms with van der Waals surface area (Å²) in [5.74, 6) is 2.61. The Labute approximate surface area is 176 Å². The largest absolute Gasteiger partial charge is 0.496 e. The average Bonchev–Trinajstić information content (AvgIpc) is 3.26. The summed E-state index contributed by atoms with van der Waals surface area (Å²) in [5.41, 5.74) is 8.95. The highest BCUT2D eigenvalue weighted by Crippen LogP contribution is 2.27. The number of anilines is 2. The van der Waals surface area contributed by atoms with E-state index in [9.17, 15) is 0 Å². The van der Waals surface area contributed by atoms with Gasteiger partial charge in [0.15, 0.2) is 5.82 Å². The maximum absolute atomic E-state index is 5.99. The number of methoxy groups -OCH3 is 1. The maximum atomic E-state index is 5.99. The number of aryl methyl sites for hydroxylation is 2. The molecule has 0 bridgehead atoms. The number of nitrogens with two attached hydrogens (primary N) is 1. The number of nitrogen functional groups attached to an aromatic ring is 1. The van der Waals surface area contributed by atoms with E-state index in [1.807, 2.05) is 25.1 Å². The van der Waals surface area contributed by atoms with E-state index in [1.165, 1.54) is 0 Å². The van der Waals surface area contributed by atoms with E-state index in [-0.39, 0.29) is 12.0 Å². The smallest absolute Gasteiger partial charge is 0.222 e. The fraction of sp³-hybridized carbons (Fsp3) is 0.476. The zero-order valence-electron chi connectivity index (χ0n) is 17.9. The number of unbranched alkanes of at least 4 members (excludes halogenated alkanes) is 1. The molecule has 0 amide bonds. The van der Waals surface area contributed by atoms with E-state index in [2.05, 4.69) is 48.9 Å². The summed E-state index contributed by atoms with van der Waals surface area (Å²) >= 11 is 0. The fourth-order valence-electron chi connectivity index (χ4n) is 3.51. The number of benzene rings is 1. The molecule has 0 aliphatic rings. The summed E-state index contributed by atoms with van der Waals surface area (Å²) in [6.45, 7) is 4.16. The van der Waals surface area contributed by atoms with Crippen LogP contribution in [0.25, 0.3) is 0 Å². The van der Waals surface area contributed by atoms with Crippen molar-refractivity contribution in [3.8, 4) is 5.75 Å². The van der Waals surface area contributed by atoms with Crippen LogP contribution >= 0.6 is 0 Å². The van der Waals surface area contributed by atoms with Crippen LogP contribution < -0.4 is 15.8 Å². The minimum atomic E-state index is 0.216. The number of rotatable bonds is 11. The molecule has 0 fully saturated rings. The Morgan fingerprint density at radius 2 is 2.03 bits per heavy atom. The van der Waals surface area contributed by atoms with Crippen molar-refractivity contribution < 1.29 is 4.74 Å². The molecule has 0 unspecified atom stereocenters. The van der Waals surface area contributed by atoms with E-state index in [0.717, 1.165) is 60.5 Å². The summed E-state index contributed by atoms with van der Waals surface area (Å²) < 4.78 is 5.53. The molecule has 3 rings (SSSR count). The molecule has 0 saturated heterocycles. The highest BCUT2D eigenvalue weighted by Gasteiger charge is 2.18. The Bertz CT molecular complexity index is 929. The van der Waals surface area contributed by atoms with Crippen molar-refractivity contribution in [2.24, 2.45) is 0 Å². The van der Waals surface area contributed by atoms with Gasteiger partial charge < -0.3 is 15.8 Å². The number of hydrogen-bond donors (Lipinski definition) is 3. The third-order valence-corrected chi connectivity index (χ3v) is 5.14. The first-order valence-electron chi connectivity index (χ1n) is 10.3. The Morgan fingerprint density at radius 1 is 1.20 bits per heavy atom. The van der Waals surface area contributed by atoms with E-state index in [0.29, 0.717) is 12.2 Å². The van der Waals surface area contributed by atoms with Gasteiger partial charge in [-0.15, -0.1) is 10.2 Å². The number of ether oxygens (including phenoxy) is 1. The van der Waals surface area contributed by atoms with E-state index in [1.54, 1.807) is 7.11 Å². The van der Waals surface area contributed by atoms with Gasteiger partial charge in [-0.25, -0.2) is 4.98 Å². The number of aromatic nitrogens is 6. The molecule has 0 saturated carbocycles. The minimum absolute atomic E-state index is 0.216. The van der Waals surface area contributed by atoms with E-state index in [4.69, 9.17) is 10.5 Å². The van der Waals surface area contributed by atoms with Crippen molar-refractivity contribution >= 4 is 11.8 Å². The lowest BCUT2D eigenvalue weighted by molar-refractivity contribution is 0.410. The quantitative estimate of drug-likeness (QED) is 0.440. The van der Waals surface area contributed by atoms with Gasteiger partial charge in [0.2, 0.25) is 5.95 Å². The highest BCUT2D eigenvalue weighted by molar-refractivity contribution is 5.53. The van der Waals surface area contributed by atoms with Crippen LogP contribution in [0.4, 0.5) is 11.8 Å². The van der Waals surface area contributed by atoms with Crippen molar-refractivity contribution in [3.63, 3.8) is 0 Å².